The fourth-order valence-electron chi connectivity index (χ4n) is 1.47. The van der Waals surface area contributed by atoms with Crippen LogP contribution in [0, 0.1) is 6.92 Å². The number of sulfone groups is 1. The zero-order valence-electron chi connectivity index (χ0n) is 9.67. The molecule has 17 heavy (non-hydrogen) atoms. The highest BCUT2D eigenvalue weighted by atomic mass is 32.2. The summed E-state index contributed by atoms with van der Waals surface area (Å²) in [4.78, 5) is 4.00. The Balaban J connectivity index is 2.10. The van der Waals surface area contributed by atoms with E-state index < -0.39 is 9.84 Å². The van der Waals surface area contributed by atoms with Gasteiger partial charge < -0.3 is 4.74 Å². The molecule has 1 aliphatic rings. The van der Waals surface area contributed by atoms with Crippen molar-refractivity contribution in [3.63, 3.8) is 0 Å². The number of ether oxygens (including phenoxy) is 1. The Labute approximate surface area is 101 Å². The molecule has 0 unspecified atom stereocenters. The first kappa shape index (κ1) is 11.9. The maximum absolute atomic E-state index is 11.7. The first-order valence-corrected chi connectivity index (χ1v) is 6.67. The summed E-state index contributed by atoms with van der Waals surface area (Å²) in [6.07, 6.45) is 1.35. The van der Waals surface area contributed by atoms with E-state index in [9.17, 15) is 8.42 Å². The van der Waals surface area contributed by atoms with Crippen LogP contribution in [0.4, 0.5) is 0 Å². The van der Waals surface area contributed by atoms with E-state index in [-0.39, 0.29) is 16.6 Å². The molecule has 1 heterocycles. The highest BCUT2D eigenvalue weighted by Crippen LogP contribution is 2.21. The molecule has 0 fully saturated rings. The van der Waals surface area contributed by atoms with Crippen LogP contribution in [0.1, 0.15) is 12.5 Å². The van der Waals surface area contributed by atoms with Gasteiger partial charge in [0.15, 0.2) is 0 Å². The normalized spacial score (nSPS) is 17.5. The lowest BCUT2D eigenvalue weighted by Crippen LogP contribution is -2.14. The number of benzene rings is 1. The van der Waals surface area contributed by atoms with Gasteiger partial charge in [-0.1, -0.05) is 18.2 Å². The Kier molecular flexibility index (Phi) is 3.02. The van der Waals surface area contributed by atoms with Gasteiger partial charge in [-0.15, -0.1) is 0 Å². The molecule has 1 aliphatic heterocycles. The topological polar surface area (TPSA) is 55.7 Å². The van der Waals surface area contributed by atoms with Crippen molar-refractivity contribution < 1.29 is 13.2 Å². The van der Waals surface area contributed by atoms with E-state index in [1.54, 1.807) is 0 Å². The van der Waals surface area contributed by atoms with E-state index in [4.69, 9.17) is 4.74 Å². The molecule has 0 atom stereocenters. The second-order valence-electron chi connectivity index (χ2n) is 3.80. The standard InChI is InChI=1S/C12H13NO3S/c1-9-5-3-4-6-12(9)16-8-11-7-13-10(2)17(11,14)15/h3-7H,8H2,1-2H3. The molecule has 0 saturated carbocycles. The molecule has 0 saturated heterocycles. The van der Waals surface area contributed by atoms with Gasteiger partial charge in [0, 0.05) is 6.20 Å². The zero-order valence-corrected chi connectivity index (χ0v) is 10.5. The van der Waals surface area contributed by atoms with Crippen LogP contribution in [0.2, 0.25) is 0 Å². The molecule has 0 bridgehead atoms. The lowest BCUT2D eigenvalue weighted by Gasteiger charge is -2.09. The summed E-state index contributed by atoms with van der Waals surface area (Å²) in [6.45, 7) is 3.41. The lowest BCUT2D eigenvalue weighted by molar-refractivity contribution is 0.355. The van der Waals surface area contributed by atoms with Crippen LogP contribution >= 0.6 is 0 Å². The molecular weight excluding hydrogens is 238 g/mol. The Hall–Kier alpha value is -1.62. The third kappa shape index (κ3) is 2.24. The Bertz CT molecular complexity index is 600. The van der Waals surface area contributed by atoms with Crippen molar-refractivity contribution in [2.45, 2.75) is 13.8 Å². The summed E-state index contributed by atoms with van der Waals surface area (Å²) in [6, 6.07) is 7.47. The van der Waals surface area contributed by atoms with Gasteiger partial charge in [0.05, 0.1) is 0 Å². The molecule has 1 aromatic rings. The van der Waals surface area contributed by atoms with Gasteiger partial charge in [-0.25, -0.2) is 13.4 Å². The number of hydrogen-bond donors (Lipinski definition) is 0. The summed E-state index contributed by atoms with van der Waals surface area (Å²) < 4.78 is 28.9. The SMILES string of the molecule is CC1=NC=C(COc2ccccc2C)S1(=O)=O. The molecule has 0 N–H and O–H groups in total. The van der Waals surface area contributed by atoms with Crippen molar-refractivity contribution in [3.05, 3.63) is 40.9 Å². The molecule has 2 rings (SSSR count). The van der Waals surface area contributed by atoms with Gasteiger partial charge >= 0.3 is 0 Å². The van der Waals surface area contributed by atoms with Gasteiger partial charge in [-0.3, -0.25) is 0 Å². The number of hydrogen-bond acceptors (Lipinski definition) is 4. The molecule has 0 aromatic heterocycles. The van der Waals surface area contributed by atoms with E-state index in [1.807, 2.05) is 31.2 Å². The zero-order chi connectivity index (χ0) is 12.5. The monoisotopic (exact) mass is 251 g/mol. The van der Waals surface area contributed by atoms with Crippen LogP contribution < -0.4 is 4.74 Å². The predicted molar refractivity (Wildman–Crippen MR) is 66.8 cm³/mol. The van der Waals surface area contributed by atoms with E-state index in [2.05, 4.69) is 4.99 Å². The average Bonchev–Trinajstić information content (AvgIpc) is 2.54. The van der Waals surface area contributed by atoms with Crippen molar-refractivity contribution >= 4 is 14.9 Å². The Morgan fingerprint density at radius 2 is 1.94 bits per heavy atom. The molecule has 0 amide bonds. The predicted octanol–water partition coefficient (Wildman–Crippen LogP) is 2.06. The molecule has 90 valence electrons. The Morgan fingerprint density at radius 3 is 2.53 bits per heavy atom. The van der Waals surface area contributed by atoms with Crippen molar-refractivity contribution in [3.8, 4) is 5.75 Å². The number of aliphatic imine (C=N–C) groups is 1. The summed E-state index contributed by atoms with van der Waals surface area (Å²) >= 11 is 0. The second kappa shape index (κ2) is 4.33. The average molecular weight is 251 g/mol. The summed E-state index contributed by atoms with van der Waals surface area (Å²) in [7, 11) is -3.36. The first-order chi connectivity index (χ1) is 8.01. The van der Waals surface area contributed by atoms with E-state index in [0.717, 1.165) is 5.56 Å². The third-order valence-corrected chi connectivity index (χ3v) is 4.38. The molecular formula is C12H13NO3S. The van der Waals surface area contributed by atoms with E-state index >= 15 is 0 Å². The van der Waals surface area contributed by atoms with Crippen molar-refractivity contribution in [2.75, 3.05) is 6.61 Å². The molecule has 0 radical (unpaired) electrons. The molecule has 5 heteroatoms. The highest BCUT2D eigenvalue weighted by Gasteiger charge is 2.26. The Morgan fingerprint density at radius 1 is 1.24 bits per heavy atom. The largest absolute Gasteiger partial charge is 0.488 e. The highest BCUT2D eigenvalue weighted by molar-refractivity contribution is 8.09. The number of aryl methyl sites for hydroxylation is 1. The maximum Gasteiger partial charge on any atom is 0.220 e. The third-order valence-electron chi connectivity index (χ3n) is 2.59. The summed E-state index contributed by atoms with van der Waals surface area (Å²) in [5, 5.41) is 0.126. The van der Waals surface area contributed by atoms with Gasteiger partial charge in [0.1, 0.15) is 22.3 Å². The van der Waals surface area contributed by atoms with Crippen molar-refractivity contribution in [1.82, 2.24) is 0 Å². The van der Waals surface area contributed by atoms with Gasteiger partial charge in [-0.05, 0) is 25.5 Å². The number of nitrogens with zero attached hydrogens (tertiary/aromatic N) is 1. The van der Waals surface area contributed by atoms with Crippen molar-refractivity contribution in [1.29, 1.82) is 0 Å². The van der Waals surface area contributed by atoms with Gasteiger partial charge in [0.2, 0.25) is 9.84 Å². The van der Waals surface area contributed by atoms with Crippen LogP contribution in [0.15, 0.2) is 40.4 Å². The minimum Gasteiger partial charge on any atom is -0.488 e. The van der Waals surface area contributed by atoms with Crippen molar-refractivity contribution in [2.24, 2.45) is 4.99 Å². The summed E-state index contributed by atoms with van der Waals surface area (Å²) in [5.74, 6) is 0.688. The molecule has 0 spiro atoms. The van der Waals surface area contributed by atoms with Crippen LogP contribution in [-0.4, -0.2) is 20.1 Å². The van der Waals surface area contributed by atoms with Crippen LogP contribution in [0.5, 0.6) is 5.75 Å². The maximum atomic E-state index is 11.7. The van der Waals surface area contributed by atoms with Crippen LogP contribution in [-0.2, 0) is 9.84 Å². The van der Waals surface area contributed by atoms with E-state index in [0.29, 0.717) is 5.75 Å². The van der Waals surface area contributed by atoms with E-state index in [1.165, 1.54) is 13.1 Å². The molecule has 1 aromatic carbocycles. The minimum atomic E-state index is -3.36. The number of para-hydroxylation sites is 1. The fraction of sp³-hybridized carbons (Fsp3) is 0.250. The molecule has 0 aliphatic carbocycles. The van der Waals surface area contributed by atoms with Gasteiger partial charge in [0.25, 0.3) is 0 Å². The van der Waals surface area contributed by atoms with Crippen LogP contribution in [0.3, 0.4) is 0 Å². The first-order valence-electron chi connectivity index (χ1n) is 5.19. The number of rotatable bonds is 3. The summed E-state index contributed by atoms with van der Waals surface area (Å²) in [5.41, 5.74) is 0.973. The lowest BCUT2D eigenvalue weighted by atomic mass is 10.2. The minimum absolute atomic E-state index is 0.0219. The van der Waals surface area contributed by atoms with Crippen LogP contribution in [0.25, 0.3) is 0 Å². The molecule has 4 nitrogen and oxygen atoms in total. The quantitative estimate of drug-likeness (QED) is 0.826. The van der Waals surface area contributed by atoms with Gasteiger partial charge in [-0.2, -0.15) is 0 Å². The fourth-order valence-corrected chi connectivity index (χ4v) is 2.45. The second-order valence-corrected chi connectivity index (χ2v) is 5.92. The smallest absolute Gasteiger partial charge is 0.220 e.